The van der Waals surface area contributed by atoms with Crippen LogP contribution >= 0.6 is 35.3 Å². The van der Waals surface area contributed by atoms with Gasteiger partial charge < -0.3 is 15.0 Å². The molecule has 0 amide bonds. The van der Waals surface area contributed by atoms with Crippen LogP contribution in [0.1, 0.15) is 28.7 Å². The van der Waals surface area contributed by atoms with Crippen molar-refractivity contribution in [2.75, 3.05) is 26.2 Å². The van der Waals surface area contributed by atoms with Crippen LogP contribution in [0.5, 0.6) is 0 Å². The highest BCUT2D eigenvalue weighted by Crippen LogP contribution is 2.19. The van der Waals surface area contributed by atoms with Gasteiger partial charge in [-0.3, -0.25) is 0 Å². The Balaban J connectivity index is 0.00000261. The first-order valence-corrected chi connectivity index (χ1v) is 10.3. The summed E-state index contributed by atoms with van der Waals surface area (Å²) >= 11 is 1.83. The van der Waals surface area contributed by atoms with Crippen molar-refractivity contribution in [2.24, 2.45) is 10.9 Å². The number of thiophene rings is 1. The Hall–Kier alpha value is -1.12. The van der Waals surface area contributed by atoms with E-state index in [0.717, 1.165) is 45.2 Å². The van der Waals surface area contributed by atoms with Crippen LogP contribution in [0.4, 0.5) is 0 Å². The van der Waals surface area contributed by atoms with Gasteiger partial charge >= 0.3 is 0 Å². The molecule has 0 aliphatic carbocycles. The Kier molecular flexibility index (Phi) is 9.58. The van der Waals surface area contributed by atoms with Gasteiger partial charge in [0, 0.05) is 35.3 Å². The highest BCUT2D eigenvalue weighted by molar-refractivity contribution is 14.0. The number of rotatable bonds is 7. The van der Waals surface area contributed by atoms with Crippen LogP contribution in [-0.4, -0.2) is 37.1 Å². The molecule has 1 aromatic carbocycles. The predicted molar refractivity (Wildman–Crippen MR) is 125 cm³/mol. The first-order chi connectivity index (χ1) is 12.7. The van der Waals surface area contributed by atoms with Crippen LogP contribution in [0, 0.1) is 12.8 Å². The van der Waals surface area contributed by atoms with Gasteiger partial charge in [-0.05, 0) is 38.0 Å². The fraction of sp³-hybridized carbons (Fsp3) is 0.476. The van der Waals surface area contributed by atoms with Crippen LogP contribution in [-0.2, 0) is 17.9 Å². The van der Waals surface area contributed by atoms with E-state index in [2.05, 4.69) is 60.5 Å². The molecule has 27 heavy (non-hydrogen) atoms. The van der Waals surface area contributed by atoms with E-state index in [0.29, 0.717) is 12.5 Å². The number of aliphatic imine (C=N–C) groups is 1. The Morgan fingerprint density at radius 3 is 2.78 bits per heavy atom. The standard InChI is InChI=1S/C21H29N3OS.HI/c1-3-22-21(23-13-20-10-9-17(2)26-20)24-12-11-19(14-24)16-25-15-18-7-5-4-6-8-18;/h4-10,19H,3,11-16H2,1-2H3,(H,22,23);1H. The van der Waals surface area contributed by atoms with E-state index >= 15 is 0 Å². The van der Waals surface area contributed by atoms with Crippen LogP contribution < -0.4 is 5.32 Å². The quantitative estimate of drug-likeness (QED) is 0.342. The summed E-state index contributed by atoms with van der Waals surface area (Å²) in [6.07, 6.45) is 1.16. The maximum atomic E-state index is 5.94. The van der Waals surface area contributed by atoms with Crippen LogP contribution in [0.3, 0.4) is 0 Å². The van der Waals surface area contributed by atoms with Crippen molar-refractivity contribution in [3.05, 3.63) is 57.8 Å². The average molecular weight is 499 g/mol. The molecule has 4 nitrogen and oxygen atoms in total. The fourth-order valence-corrected chi connectivity index (χ4v) is 4.04. The lowest BCUT2D eigenvalue weighted by atomic mass is 10.1. The Bertz CT molecular complexity index is 704. The molecule has 1 aliphatic heterocycles. The van der Waals surface area contributed by atoms with Gasteiger partial charge in [-0.2, -0.15) is 0 Å². The maximum absolute atomic E-state index is 5.94. The van der Waals surface area contributed by atoms with E-state index in [1.54, 1.807) is 0 Å². The highest BCUT2D eigenvalue weighted by atomic mass is 127. The molecule has 148 valence electrons. The summed E-state index contributed by atoms with van der Waals surface area (Å²) in [4.78, 5) is 9.88. The molecule has 1 saturated heterocycles. The number of likely N-dealkylation sites (tertiary alicyclic amines) is 1. The molecule has 0 bridgehead atoms. The molecular formula is C21H30IN3OS. The molecule has 6 heteroatoms. The van der Waals surface area contributed by atoms with Crippen molar-refractivity contribution >= 4 is 41.3 Å². The number of ether oxygens (including phenoxy) is 1. The number of hydrogen-bond donors (Lipinski definition) is 1. The normalized spacial score (nSPS) is 17.0. The summed E-state index contributed by atoms with van der Waals surface area (Å²) in [5, 5.41) is 3.44. The smallest absolute Gasteiger partial charge is 0.194 e. The number of benzene rings is 1. The van der Waals surface area contributed by atoms with E-state index in [4.69, 9.17) is 9.73 Å². The fourth-order valence-electron chi connectivity index (χ4n) is 3.23. The van der Waals surface area contributed by atoms with Gasteiger partial charge in [-0.1, -0.05) is 30.3 Å². The molecule has 3 rings (SSSR count). The van der Waals surface area contributed by atoms with Crippen molar-refractivity contribution in [3.63, 3.8) is 0 Å². The second-order valence-corrected chi connectivity index (χ2v) is 8.16. The lowest BCUT2D eigenvalue weighted by Gasteiger charge is -2.21. The number of nitrogens with zero attached hydrogens (tertiary/aromatic N) is 2. The van der Waals surface area contributed by atoms with Gasteiger partial charge in [0.25, 0.3) is 0 Å². The van der Waals surface area contributed by atoms with Gasteiger partial charge in [-0.25, -0.2) is 4.99 Å². The van der Waals surface area contributed by atoms with Crippen molar-refractivity contribution in [3.8, 4) is 0 Å². The zero-order valence-electron chi connectivity index (χ0n) is 16.2. The monoisotopic (exact) mass is 499 g/mol. The van der Waals surface area contributed by atoms with Crippen molar-refractivity contribution in [1.29, 1.82) is 0 Å². The van der Waals surface area contributed by atoms with Crippen molar-refractivity contribution in [2.45, 2.75) is 33.4 Å². The van der Waals surface area contributed by atoms with Gasteiger partial charge in [0.2, 0.25) is 0 Å². The molecule has 1 atom stereocenters. The molecule has 1 unspecified atom stereocenters. The zero-order chi connectivity index (χ0) is 18.2. The lowest BCUT2D eigenvalue weighted by molar-refractivity contribution is 0.0906. The summed E-state index contributed by atoms with van der Waals surface area (Å²) in [5.74, 6) is 1.61. The average Bonchev–Trinajstić information content (AvgIpc) is 3.29. The van der Waals surface area contributed by atoms with Crippen LogP contribution in [0.25, 0.3) is 0 Å². The summed E-state index contributed by atoms with van der Waals surface area (Å²) in [5.41, 5.74) is 1.24. The van der Waals surface area contributed by atoms with E-state index in [9.17, 15) is 0 Å². The predicted octanol–water partition coefficient (Wildman–Crippen LogP) is 4.68. The summed E-state index contributed by atoms with van der Waals surface area (Å²) in [6.45, 7) is 9.50. The number of aryl methyl sites for hydroxylation is 1. The van der Waals surface area contributed by atoms with Crippen LogP contribution in [0.15, 0.2) is 47.5 Å². The van der Waals surface area contributed by atoms with Crippen molar-refractivity contribution < 1.29 is 4.74 Å². The molecule has 1 aliphatic rings. The number of hydrogen-bond acceptors (Lipinski definition) is 3. The molecule has 1 aromatic heterocycles. The summed E-state index contributed by atoms with van der Waals surface area (Å²) < 4.78 is 5.94. The molecule has 1 fully saturated rings. The first kappa shape index (κ1) is 22.2. The Morgan fingerprint density at radius 2 is 2.07 bits per heavy atom. The van der Waals surface area contributed by atoms with Gasteiger partial charge in [0.05, 0.1) is 19.8 Å². The molecule has 2 aromatic rings. The lowest BCUT2D eigenvalue weighted by Crippen LogP contribution is -2.40. The first-order valence-electron chi connectivity index (χ1n) is 9.45. The molecule has 0 radical (unpaired) electrons. The third kappa shape index (κ3) is 7.08. The largest absolute Gasteiger partial charge is 0.376 e. The molecule has 1 N–H and O–H groups in total. The molecule has 2 heterocycles. The minimum Gasteiger partial charge on any atom is -0.376 e. The maximum Gasteiger partial charge on any atom is 0.194 e. The van der Waals surface area contributed by atoms with Gasteiger partial charge in [0.15, 0.2) is 5.96 Å². The SMILES string of the molecule is CCNC(=NCc1ccc(C)s1)N1CCC(COCc2ccccc2)C1.I. The van der Waals surface area contributed by atoms with Gasteiger partial charge in [0.1, 0.15) is 0 Å². The number of guanidine groups is 1. The molecule has 0 spiro atoms. The molecule has 0 saturated carbocycles. The van der Waals surface area contributed by atoms with Crippen molar-refractivity contribution in [1.82, 2.24) is 10.2 Å². The Morgan fingerprint density at radius 1 is 1.26 bits per heavy atom. The minimum atomic E-state index is 0. The van der Waals surface area contributed by atoms with Gasteiger partial charge in [-0.15, -0.1) is 35.3 Å². The third-order valence-corrected chi connectivity index (χ3v) is 5.55. The highest BCUT2D eigenvalue weighted by Gasteiger charge is 2.25. The minimum absolute atomic E-state index is 0. The van der Waals surface area contributed by atoms with Crippen LogP contribution in [0.2, 0.25) is 0 Å². The Labute approximate surface area is 184 Å². The third-order valence-electron chi connectivity index (χ3n) is 4.57. The molecular weight excluding hydrogens is 469 g/mol. The van der Waals surface area contributed by atoms with E-state index in [1.165, 1.54) is 15.3 Å². The summed E-state index contributed by atoms with van der Waals surface area (Å²) in [7, 11) is 0. The van der Waals surface area contributed by atoms with E-state index in [1.807, 2.05) is 17.4 Å². The second-order valence-electron chi connectivity index (χ2n) is 6.78. The zero-order valence-corrected chi connectivity index (χ0v) is 19.3. The summed E-state index contributed by atoms with van der Waals surface area (Å²) in [6, 6.07) is 14.7. The number of nitrogens with one attached hydrogen (secondary N) is 1. The topological polar surface area (TPSA) is 36.9 Å². The number of halogens is 1. The van der Waals surface area contributed by atoms with E-state index < -0.39 is 0 Å². The second kappa shape index (κ2) is 11.7. The van der Waals surface area contributed by atoms with E-state index in [-0.39, 0.29) is 24.0 Å².